The van der Waals surface area contributed by atoms with E-state index in [9.17, 15) is 9.90 Å². The van der Waals surface area contributed by atoms with Crippen LogP contribution in [0.5, 0.6) is 17.2 Å². The third-order valence-electron chi connectivity index (χ3n) is 4.63. The van der Waals surface area contributed by atoms with E-state index in [1.165, 1.54) is 0 Å². The van der Waals surface area contributed by atoms with Gasteiger partial charge in [0.2, 0.25) is 6.10 Å². The van der Waals surface area contributed by atoms with Crippen molar-refractivity contribution in [1.29, 1.82) is 0 Å². The minimum absolute atomic E-state index is 0.438. The van der Waals surface area contributed by atoms with Crippen LogP contribution in [0, 0.1) is 0 Å². The molecule has 1 N–H and O–H groups in total. The first kappa shape index (κ1) is 19.0. The van der Waals surface area contributed by atoms with Crippen LogP contribution < -0.4 is 14.2 Å². The molecule has 0 amide bonds. The fourth-order valence-corrected chi connectivity index (χ4v) is 3.08. The normalized spacial score (nSPS) is 18.3. The van der Waals surface area contributed by atoms with Gasteiger partial charge < -0.3 is 24.2 Å². The van der Waals surface area contributed by atoms with Crippen LogP contribution in [0.15, 0.2) is 48.5 Å². The summed E-state index contributed by atoms with van der Waals surface area (Å²) in [6.07, 6.45) is -1.87. The van der Waals surface area contributed by atoms with Crippen LogP contribution in [0.1, 0.15) is 25.5 Å². The molecule has 2 atom stereocenters. The second-order valence-corrected chi connectivity index (χ2v) is 6.31. The Morgan fingerprint density at radius 3 is 2.44 bits per heavy atom. The number of nitrogens with zero attached hydrogens (tertiary/aromatic N) is 1. The maximum absolute atomic E-state index is 11.7. The number of hydrogen-bond acceptors (Lipinski definition) is 5. The molecule has 6 heteroatoms. The van der Waals surface area contributed by atoms with Crippen molar-refractivity contribution in [3.05, 3.63) is 54.1 Å². The van der Waals surface area contributed by atoms with Crippen molar-refractivity contribution in [2.45, 2.75) is 26.1 Å². The van der Waals surface area contributed by atoms with Crippen molar-refractivity contribution in [2.24, 2.45) is 0 Å². The van der Waals surface area contributed by atoms with E-state index in [4.69, 9.17) is 14.2 Å². The summed E-state index contributed by atoms with van der Waals surface area (Å²) in [5.41, 5.74) is 0.706. The van der Waals surface area contributed by atoms with Crippen LogP contribution >= 0.6 is 0 Å². The van der Waals surface area contributed by atoms with E-state index in [1.54, 1.807) is 18.2 Å². The number of fused-ring (bicyclic) bond motifs is 1. The molecule has 0 saturated heterocycles. The molecule has 0 saturated carbocycles. The highest BCUT2D eigenvalue weighted by atomic mass is 16.6. The van der Waals surface area contributed by atoms with Gasteiger partial charge in [-0.1, -0.05) is 38.1 Å². The molecule has 2 unspecified atom stereocenters. The van der Waals surface area contributed by atoms with E-state index in [2.05, 4.69) is 18.7 Å². The van der Waals surface area contributed by atoms with E-state index in [-0.39, 0.29) is 0 Å². The highest BCUT2D eigenvalue weighted by Crippen LogP contribution is 2.39. The van der Waals surface area contributed by atoms with Gasteiger partial charge in [-0.2, -0.15) is 0 Å². The first-order chi connectivity index (χ1) is 13.1. The van der Waals surface area contributed by atoms with Crippen molar-refractivity contribution in [2.75, 3.05) is 26.2 Å². The number of para-hydroxylation sites is 2. The van der Waals surface area contributed by atoms with Gasteiger partial charge in [-0.3, -0.25) is 0 Å². The van der Waals surface area contributed by atoms with Crippen LogP contribution in [-0.4, -0.2) is 48.3 Å². The summed E-state index contributed by atoms with van der Waals surface area (Å²) in [6.45, 7) is 7.60. The number of carboxylic acid groups (broad SMARTS) is 1. The molecule has 0 aromatic heterocycles. The van der Waals surface area contributed by atoms with Crippen molar-refractivity contribution in [3.63, 3.8) is 0 Å². The minimum atomic E-state index is -1.12. The molecular weight excluding hydrogens is 346 g/mol. The van der Waals surface area contributed by atoms with Crippen molar-refractivity contribution < 1.29 is 24.1 Å². The number of ether oxygens (including phenoxy) is 3. The predicted molar refractivity (Wildman–Crippen MR) is 102 cm³/mol. The molecule has 3 rings (SSSR count). The molecule has 6 nitrogen and oxygen atoms in total. The first-order valence-corrected chi connectivity index (χ1v) is 9.22. The fraction of sp³-hybridized carbons (Fsp3) is 0.381. The number of likely N-dealkylation sites (N-methyl/N-ethyl adjacent to an activating group) is 1. The average molecular weight is 371 g/mol. The molecule has 1 aliphatic rings. The van der Waals surface area contributed by atoms with Crippen molar-refractivity contribution >= 4 is 5.97 Å². The molecule has 1 heterocycles. The summed E-state index contributed by atoms with van der Waals surface area (Å²) in [5, 5.41) is 9.58. The molecule has 2 aromatic rings. The number of aliphatic carboxylic acids is 1. The van der Waals surface area contributed by atoms with E-state index in [0.717, 1.165) is 19.6 Å². The summed E-state index contributed by atoms with van der Waals surface area (Å²) in [5.74, 6) is 0.592. The van der Waals surface area contributed by atoms with Gasteiger partial charge in [0.25, 0.3) is 0 Å². The second kappa shape index (κ2) is 8.77. The number of benzene rings is 2. The van der Waals surface area contributed by atoms with Gasteiger partial charge in [0.1, 0.15) is 12.4 Å². The zero-order valence-electron chi connectivity index (χ0n) is 15.6. The number of rotatable bonds is 8. The lowest BCUT2D eigenvalue weighted by atomic mass is 10.0. The lowest BCUT2D eigenvalue weighted by Gasteiger charge is -2.32. The number of carboxylic acids is 1. The molecule has 2 aromatic carbocycles. The van der Waals surface area contributed by atoms with Gasteiger partial charge >= 0.3 is 5.97 Å². The molecule has 0 radical (unpaired) electrons. The minimum Gasteiger partial charge on any atom is -0.492 e. The van der Waals surface area contributed by atoms with Gasteiger partial charge in [-0.25, -0.2) is 4.79 Å². The predicted octanol–water partition coefficient (Wildman–Crippen LogP) is 3.37. The van der Waals surface area contributed by atoms with E-state index < -0.39 is 18.2 Å². The van der Waals surface area contributed by atoms with E-state index in [1.807, 2.05) is 30.3 Å². The monoisotopic (exact) mass is 371 g/mol. The first-order valence-electron chi connectivity index (χ1n) is 9.22. The Morgan fingerprint density at radius 1 is 1.07 bits per heavy atom. The Hall–Kier alpha value is -2.73. The van der Waals surface area contributed by atoms with Crippen LogP contribution in [0.25, 0.3) is 0 Å². The fourth-order valence-electron chi connectivity index (χ4n) is 3.08. The topological polar surface area (TPSA) is 68.2 Å². The molecule has 1 aliphatic heterocycles. The molecule has 0 spiro atoms. The van der Waals surface area contributed by atoms with Crippen molar-refractivity contribution in [1.82, 2.24) is 4.90 Å². The molecule has 27 heavy (non-hydrogen) atoms. The maximum Gasteiger partial charge on any atom is 0.349 e. The SMILES string of the molecule is CCN(CC)CCOc1cccc(C2Oc3ccccc3OC2C(=O)O)c1. The molecule has 0 fully saturated rings. The Kier molecular flexibility index (Phi) is 6.19. The van der Waals surface area contributed by atoms with Gasteiger partial charge in [-0.15, -0.1) is 0 Å². The molecule has 0 bridgehead atoms. The maximum atomic E-state index is 11.7. The Morgan fingerprint density at radius 2 is 1.78 bits per heavy atom. The Labute approximate surface area is 159 Å². The number of hydrogen-bond donors (Lipinski definition) is 1. The smallest absolute Gasteiger partial charge is 0.349 e. The quantitative estimate of drug-likeness (QED) is 0.767. The summed E-state index contributed by atoms with van der Waals surface area (Å²) in [6, 6.07) is 14.4. The van der Waals surface area contributed by atoms with E-state index >= 15 is 0 Å². The third kappa shape index (κ3) is 4.52. The van der Waals surface area contributed by atoms with Crippen LogP contribution in [0.3, 0.4) is 0 Å². The van der Waals surface area contributed by atoms with Crippen LogP contribution in [-0.2, 0) is 4.79 Å². The zero-order chi connectivity index (χ0) is 19.2. The van der Waals surface area contributed by atoms with E-state index in [0.29, 0.717) is 29.4 Å². The second-order valence-electron chi connectivity index (χ2n) is 6.31. The summed E-state index contributed by atoms with van der Waals surface area (Å²) in [4.78, 5) is 14.0. The van der Waals surface area contributed by atoms with Crippen LogP contribution in [0.4, 0.5) is 0 Å². The molecular formula is C21H25NO5. The van der Waals surface area contributed by atoms with Crippen molar-refractivity contribution in [3.8, 4) is 17.2 Å². The third-order valence-corrected chi connectivity index (χ3v) is 4.63. The lowest BCUT2D eigenvalue weighted by Crippen LogP contribution is -2.39. The van der Waals surface area contributed by atoms with Crippen LogP contribution in [0.2, 0.25) is 0 Å². The Balaban J connectivity index is 1.75. The lowest BCUT2D eigenvalue weighted by molar-refractivity contribution is -0.151. The standard InChI is InChI=1S/C21H25NO5/c1-3-22(4-2)12-13-25-16-9-7-8-15(14-16)19-20(21(23)24)27-18-11-6-5-10-17(18)26-19/h5-11,14,19-20H,3-4,12-13H2,1-2H3,(H,23,24). The molecule has 144 valence electrons. The highest BCUT2D eigenvalue weighted by molar-refractivity contribution is 5.75. The highest BCUT2D eigenvalue weighted by Gasteiger charge is 2.38. The van der Waals surface area contributed by atoms with Gasteiger partial charge in [-0.05, 0) is 37.4 Å². The summed E-state index contributed by atoms with van der Waals surface area (Å²) < 4.78 is 17.5. The van der Waals surface area contributed by atoms with Gasteiger partial charge in [0.05, 0.1) is 0 Å². The largest absolute Gasteiger partial charge is 0.492 e. The summed E-state index contributed by atoms with van der Waals surface area (Å²) in [7, 11) is 0. The average Bonchev–Trinajstić information content (AvgIpc) is 2.70. The van der Waals surface area contributed by atoms with Gasteiger partial charge in [0.15, 0.2) is 17.6 Å². The summed E-state index contributed by atoms with van der Waals surface area (Å²) >= 11 is 0. The zero-order valence-corrected chi connectivity index (χ0v) is 15.6. The van der Waals surface area contributed by atoms with Gasteiger partial charge in [0, 0.05) is 12.1 Å². The number of carbonyl (C=O) groups is 1. The molecule has 0 aliphatic carbocycles. The Bertz CT molecular complexity index is 775.